The summed E-state index contributed by atoms with van der Waals surface area (Å²) in [5.74, 6) is -0.192. The summed E-state index contributed by atoms with van der Waals surface area (Å²) in [6, 6.07) is 0.331. The molecule has 0 saturated carbocycles. The molecule has 0 spiro atoms. The van der Waals surface area contributed by atoms with Gasteiger partial charge in [-0.25, -0.2) is 0 Å². The van der Waals surface area contributed by atoms with Crippen LogP contribution in [0.3, 0.4) is 0 Å². The molecule has 0 aromatic rings. The maximum absolute atomic E-state index is 11.1. The van der Waals surface area contributed by atoms with Crippen LogP contribution in [0.1, 0.15) is 27.2 Å². The predicted molar refractivity (Wildman–Crippen MR) is 58.2 cm³/mol. The minimum absolute atomic E-state index is 0.192. The first-order valence-electron chi connectivity index (χ1n) is 4.98. The average Bonchev–Trinajstić information content (AvgIpc) is 2.16. The van der Waals surface area contributed by atoms with Gasteiger partial charge in [0.1, 0.15) is 0 Å². The summed E-state index contributed by atoms with van der Waals surface area (Å²) >= 11 is 0. The van der Waals surface area contributed by atoms with Crippen molar-refractivity contribution in [3.8, 4) is 0 Å². The van der Waals surface area contributed by atoms with E-state index in [1.165, 1.54) is 7.11 Å². The number of esters is 1. The highest BCUT2D eigenvalue weighted by Gasteiger charge is 2.14. The summed E-state index contributed by atoms with van der Waals surface area (Å²) in [6.07, 6.45) is 0.949. The van der Waals surface area contributed by atoms with E-state index in [2.05, 4.69) is 37.0 Å². The summed E-state index contributed by atoms with van der Waals surface area (Å²) in [6.45, 7) is 11.2. The molecule has 0 atom stereocenters. The smallest absolute Gasteiger partial charge is 0.319 e. The molecular formula is C11H21NO2. The van der Waals surface area contributed by atoms with E-state index in [0.717, 1.165) is 18.5 Å². The highest BCUT2D eigenvalue weighted by Crippen LogP contribution is 2.05. The quantitative estimate of drug-likeness (QED) is 0.483. The SMILES string of the molecule is C=C(CC)CN(CC(=O)OC)C(C)C. The molecule has 82 valence electrons. The van der Waals surface area contributed by atoms with Crippen molar-refractivity contribution < 1.29 is 9.53 Å². The normalized spacial score (nSPS) is 10.7. The van der Waals surface area contributed by atoms with E-state index in [-0.39, 0.29) is 5.97 Å². The van der Waals surface area contributed by atoms with Gasteiger partial charge in [0.15, 0.2) is 0 Å². The van der Waals surface area contributed by atoms with Crippen LogP contribution < -0.4 is 0 Å². The summed E-state index contributed by atoms with van der Waals surface area (Å²) in [4.78, 5) is 13.2. The van der Waals surface area contributed by atoms with Crippen molar-refractivity contribution in [1.29, 1.82) is 0 Å². The number of nitrogens with zero attached hydrogens (tertiary/aromatic N) is 1. The lowest BCUT2D eigenvalue weighted by atomic mass is 10.2. The number of methoxy groups -OCH3 is 1. The topological polar surface area (TPSA) is 29.5 Å². The molecule has 0 aromatic heterocycles. The third-order valence-corrected chi connectivity index (χ3v) is 2.22. The Morgan fingerprint density at radius 2 is 2.00 bits per heavy atom. The van der Waals surface area contributed by atoms with Gasteiger partial charge in [0.25, 0.3) is 0 Å². The number of ether oxygens (including phenoxy) is 1. The van der Waals surface area contributed by atoms with Crippen LogP contribution in [0.4, 0.5) is 0 Å². The maximum atomic E-state index is 11.1. The standard InChI is InChI=1S/C11H21NO2/c1-6-10(4)7-12(9(2)3)8-11(13)14-5/h9H,4,6-8H2,1-3,5H3. The molecule has 0 fully saturated rings. The van der Waals surface area contributed by atoms with Crippen LogP contribution in [-0.2, 0) is 9.53 Å². The molecule has 0 N–H and O–H groups in total. The van der Waals surface area contributed by atoms with Gasteiger partial charge in [-0.3, -0.25) is 9.69 Å². The molecule has 0 unspecified atom stereocenters. The van der Waals surface area contributed by atoms with Gasteiger partial charge >= 0.3 is 5.97 Å². The summed E-state index contributed by atoms with van der Waals surface area (Å²) in [7, 11) is 1.41. The van der Waals surface area contributed by atoms with Crippen molar-refractivity contribution in [2.24, 2.45) is 0 Å². The Morgan fingerprint density at radius 3 is 2.36 bits per heavy atom. The molecule has 14 heavy (non-hydrogen) atoms. The third-order valence-electron chi connectivity index (χ3n) is 2.22. The van der Waals surface area contributed by atoms with Gasteiger partial charge in [0, 0.05) is 12.6 Å². The van der Waals surface area contributed by atoms with Gasteiger partial charge in [0.2, 0.25) is 0 Å². The van der Waals surface area contributed by atoms with Gasteiger partial charge in [0.05, 0.1) is 13.7 Å². The Kier molecular flexibility index (Phi) is 6.21. The lowest BCUT2D eigenvalue weighted by Crippen LogP contribution is -2.37. The fourth-order valence-corrected chi connectivity index (χ4v) is 1.05. The van der Waals surface area contributed by atoms with Crippen molar-refractivity contribution >= 4 is 5.97 Å². The van der Waals surface area contributed by atoms with Gasteiger partial charge in [-0.05, 0) is 20.3 Å². The van der Waals surface area contributed by atoms with Crippen LogP contribution in [0, 0.1) is 0 Å². The van der Waals surface area contributed by atoms with Crippen molar-refractivity contribution in [3.05, 3.63) is 12.2 Å². The Morgan fingerprint density at radius 1 is 1.43 bits per heavy atom. The zero-order chi connectivity index (χ0) is 11.1. The molecule has 0 saturated heterocycles. The fourth-order valence-electron chi connectivity index (χ4n) is 1.05. The molecule has 0 aliphatic carbocycles. The molecule has 0 amide bonds. The molecule has 3 nitrogen and oxygen atoms in total. The molecule has 0 rings (SSSR count). The molecule has 0 aliphatic heterocycles. The van der Waals surface area contributed by atoms with E-state index < -0.39 is 0 Å². The third kappa shape index (κ3) is 5.02. The highest BCUT2D eigenvalue weighted by molar-refractivity contribution is 5.71. The predicted octanol–water partition coefficient (Wildman–Crippen LogP) is 1.84. The number of hydrogen-bond acceptors (Lipinski definition) is 3. The van der Waals surface area contributed by atoms with E-state index >= 15 is 0 Å². The first-order valence-corrected chi connectivity index (χ1v) is 4.98. The Balaban J connectivity index is 4.16. The average molecular weight is 199 g/mol. The van der Waals surface area contributed by atoms with Crippen molar-refractivity contribution in [1.82, 2.24) is 4.90 Å². The molecular weight excluding hydrogens is 178 g/mol. The lowest BCUT2D eigenvalue weighted by molar-refractivity contribution is -0.142. The number of hydrogen-bond donors (Lipinski definition) is 0. The van der Waals surface area contributed by atoms with Crippen LogP contribution in [0.5, 0.6) is 0 Å². The zero-order valence-electron chi connectivity index (χ0n) is 9.67. The van der Waals surface area contributed by atoms with E-state index in [9.17, 15) is 4.79 Å². The largest absolute Gasteiger partial charge is 0.468 e. The second-order valence-corrected chi connectivity index (χ2v) is 3.68. The van der Waals surface area contributed by atoms with Crippen molar-refractivity contribution in [2.45, 2.75) is 33.2 Å². The Bertz CT molecular complexity index is 181. The lowest BCUT2D eigenvalue weighted by Gasteiger charge is -2.25. The minimum Gasteiger partial charge on any atom is -0.468 e. The zero-order valence-corrected chi connectivity index (χ0v) is 9.67. The van der Waals surface area contributed by atoms with Crippen LogP contribution in [0.25, 0.3) is 0 Å². The van der Waals surface area contributed by atoms with Crippen LogP contribution in [0.15, 0.2) is 12.2 Å². The molecule has 0 aliphatic rings. The van der Waals surface area contributed by atoms with Gasteiger partial charge < -0.3 is 4.74 Å². The van der Waals surface area contributed by atoms with Gasteiger partial charge in [-0.2, -0.15) is 0 Å². The van der Waals surface area contributed by atoms with Crippen LogP contribution in [0.2, 0.25) is 0 Å². The molecule has 0 bridgehead atoms. The fraction of sp³-hybridized carbons (Fsp3) is 0.727. The summed E-state index contributed by atoms with van der Waals surface area (Å²) < 4.78 is 4.64. The first kappa shape index (κ1) is 13.2. The second kappa shape index (κ2) is 6.60. The van der Waals surface area contributed by atoms with E-state index in [1.807, 2.05) is 0 Å². The molecule has 0 heterocycles. The molecule has 0 radical (unpaired) electrons. The van der Waals surface area contributed by atoms with Crippen LogP contribution >= 0.6 is 0 Å². The molecule has 0 aromatic carbocycles. The van der Waals surface area contributed by atoms with E-state index in [4.69, 9.17) is 0 Å². The minimum atomic E-state index is -0.192. The Hall–Kier alpha value is -0.830. The number of carbonyl (C=O) groups is 1. The monoisotopic (exact) mass is 199 g/mol. The van der Waals surface area contributed by atoms with Crippen LogP contribution in [-0.4, -0.2) is 37.1 Å². The Labute approximate surface area is 86.7 Å². The molecule has 3 heteroatoms. The highest BCUT2D eigenvalue weighted by atomic mass is 16.5. The second-order valence-electron chi connectivity index (χ2n) is 3.68. The van der Waals surface area contributed by atoms with Gasteiger partial charge in [-0.1, -0.05) is 19.1 Å². The number of rotatable bonds is 6. The number of carbonyl (C=O) groups excluding carboxylic acids is 1. The van der Waals surface area contributed by atoms with Gasteiger partial charge in [-0.15, -0.1) is 0 Å². The van der Waals surface area contributed by atoms with Crippen molar-refractivity contribution in [2.75, 3.05) is 20.2 Å². The summed E-state index contributed by atoms with van der Waals surface area (Å²) in [5.41, 5.74) is 1.14. The van der Waals surface area contributed by atoms with E-state index in [1.54, 1.807) is 0 Å². The van der Waals surface area contributed by atoms with E-state index in [0.29, 0.717) is 12.6 Å². The van der Waals surface area contributed by atoms with Crippen molar-refractivity contribution in [3.63, 3.8) is 0 Å². The summed E-state index contributed by atoms with van der Waals surface area (Å²) in [5, 5.41) is 0. The maximum Gasteiger partial charge on any atom is 0.319 e. The first-order chi connectivity index (χ1) is 6.51.